The first-order valence-corrected chi connectivity index (χ1v) is 8.64. The number of pyridine rings is 1. The van der Waals surface area contributed by atoms with Gasteiger partial charge in [-0.2, -0.15) is 0 Å². The lowest BCUT2D eigenvalue weighted by Crippen LogP contribution is -2.45. The lowest BCUT2D eigenvalue weighted by Gasteiger charge is -2.38. The molecule has 2 heterocycles. The number of benzene rings is 1. The predicted octanol–water partition coefficient (Wildman–Crippen LogP) is 3.36. The average Bonchev–Trinajstić information content (AvgIpc) is 2.58. The van der Waals surface area contributed by atoms with Crippen molar-refractivity contribution >= 4 is 5.96 Å². The second kappa shape index (κ2) is 7.13. The van der Waals surface area contributed by atoms with Crippen LogP contribution in [0.3, 0.4) is 0 Å². The van der Waals surface area contributed by atoms with Crippen molar-refractivity contribution in [2.45, 2.75) is 45.4 Å². The third-order valence-corrected chi connectivity index (χ3v) is 4.45. The molecule has 0 amide bonds. The van der Waals surface area contributed by atoms with Crippen molar-refractivity contribution in [3.8, 4) is 5.75 Å². The van der Waals surface area contributed by atoms with Crippen LogP contribution in [0, 0.1) is 6.92 Å². The van der Waals surface area contributed by atoms with Gasteiger partial charge in [-0.25, -0.2) is 0 Å². The maximum Gasteiger partial charge on any atom is 0.191 e. The molecule has 0 bridgehead atoms. The fourth-order valence-electron chi connectivity index (χ4n) is 3.16. The van der Waals surface area contributed by atoms with Gasteiger partial charge in [0.05, 0.1) is 18.3 Å². The number of nitrogens with zero attached hydrogens (tertiary/aromatic N) is 2. The van der Waals surface area contributed by atoms with Gasteiger partial charge in [-0.05, 0) is 38.5 Å². The standard InChI is InChI=1S/C20H26N4O/c1-14-8-7-11-22-17(14)13-23-19(21-4)24-16-12-20(2,3)25-18-10-6-5-9-15(16)18/h5-11,16H,12-13H2,1-4H3,(H2,21,23,24). The Labute approximate surface area is 149 Å². The van der Waals surface area contributed by atoms with E-state index in [0.717, 1.165) is 23.8 Å². The van der Waals surface area contributed by atoms with Gasteiger partial charge in [0.15, 0.2) is 5.96 Å². The van der Waals surface area contributed by atoms with Gasteiger partial charge in [-0.3, -0.25) is 9.98 Å². The smallest absolute Gasteiger partial charge is 0.191 e. The molecule has 5 heteroatoms. The molecule has 0 aliphatic carbocycles. The van der Waals surface area contributed by atoms with Crippen LogP contribution >= 0.6 is 0 Å². The minimum Gasteiger partial charge on any atom is -0.487 e. The van der Waals surface area contributed by atoms with Crippen molar-refractivity contribution < 1.29 is 4.74 Å². The van der Waals surface area contributed by atoms with E-state index in [-0.39, 0.29) is 11.6 Å². The monoisotopic (exact) mass is 338 g/mol. The Bertz CT molecular complexity index is 770. The molecule has 5 nitrogen and oxygen atoms in total. The van der Waals surface area contributed by atoms with E-state index < -0.39 is 0 Å². The second-order valence-electron chi connectivity index (χ2n) is 6.99. The highest BCUT2D eigenvalue weighted by Crippen LogP contribution is 2.39. The number of aryl methyl sites for hydroxylation is 1. The van der Waals surface area contributed by atoms with Gasteiger partial charge in [-0.1, -0.05) is 24.3 Å². The predicted molar refractivity (Wildman–Crippen MR) is 101 cm³/mol. The number of rotatable bonds is 3. The summed E-state index contributed by atoms with van der Waals surface area (Å²) in [5.41, 5.74) is 3.14. The molecule has 0 saturated heterocycles. The highest BCUT2D eigenvalue weighted by Gasteiger charge is 2.33. The molecule has 1 aromatic carbocycles. The van der Waals surface area contributed by atoms with Gasteiger partial charge in [0, 0.05) is 25.2 Å². The number of fused-ring (bicyclic) bond motifs is 1. The van der Waals surface area contributed by atoms with Gasteiger partial charge in [0.1, 0.15) is 11.4 Å². The molecule has 1 aliphatic heterocycles. The van der Waals surface area contributed by atoms with Crippen LogP contribution in [0.4, 0.5) is 0 Å². The van der Waals surface area contributed by atoms with Gasteiger partial charge in [0.2, 0.25) is 0 Å². The van der Waals surface area contributed by atoms with Crippen molar-refractivity contribution in [3.63, 3.8) is 0 Å². The normalized spacial score (nSPS) is 18.9. The molecule has 0 fully saturated rings. The third-order valence-electron chi connectivity index (χ3n) is 4.45. The Kier molecular flexibility index (Phi) is 4.93. The largest absolute Gasteiger partial charge is 0.487 e. The number of aliphatic imine (C=N–C) groups is 1. The number of hydrogen-bond donors (Lipinski definition) is 2. The summed E-state index contributed by atoms with van der Waals surface area (Å²) in [7, 11) is 1.79. The van der Waals surface area contributed by atoms with Crippen molar-refractivity contribution in [2.75, 3.05) is 7.05 Å². The van der Waals surface area contributed by atoms with Gasteiger partial charge in [-0.15, -0.1) is 0 Å². The second-order valence-corrected chi connectivity index (χ2v) is 6.99. The summed E-state index contributed by atoms with van der Waals surface area (Å²) in [6.45, 7) is 6.94. The SMILES string of the molecule is CN=C(NCc1ncccc1C)NC1CC(C)(C)Oc2ccccc21. The minimum atomic E-state index is -0.220. The Morgan fingerprint density at radius 3 is 2.84 bits per heavy atom. The Morgan fingerprint density at radius 1 is 1.28 bits per heavy atom. The first-order chi connectivity index (χ1) is 12.0. The molecule has 0 saturated carbocycles. The van der Waals surface area contributed by atoms with Gasteiger partial charge < -0.3 is 15.4 Å². The summed E-state index contributed by atoms with van der Waals surface area (Å²) in [6, 6.07) is 12.4. The maximum atomic E-state index is 6.10. The molecule has 1 aromatic heterocycles. The van der Waals surface area contributed by atoms with Crippen LogP contribution in [0.1, 0.15) is 43.1 Å². The zero-order valence-corrected chi connectivity index (χ0v) is 15.3. The maximum absolute atomic E-state index is 6.10. The van der Waals surface area contributed by atoms with E-state index in [4.69, 9.17) is 4.74 Å². The van der Waals surface area contributed by atoms with E-state index in [1.54, 1.807) is 7.05 Å². The number of hydrogen-bond acceptors (Lipinski definition) is 3. The summed E-state index contributed by atoms with van der Waals surface area (Å²) >= 11 is 0. The van der Waals surface area contributed by atoms with Crippen molar-refractivity contribution in [3.05, 3.63) is 59.4 Å². The first-order valence-electron chi connectivity index (χ1n) is 8.64. The zero-order valence-electron chi connectivity index (χ0n) is 15.3. The Morgan fingerprint density at radius 2 is 2.08 bits per heavy atom. The summed E-state index contributed by atoms with van der Waals surface area (Å²) < 4.78 is 6.10. The van der Waals surface area contributed by atoms with Crippen LogP contribution in [-0.4, -0.2) is 23.6 Å². The summed E-state index contributed by atoms with van der Waals surface area (Å²) in [4.78, 5) is 8.80. The molecule has 132 valence electrons. The third kappa shape index (κ3) is 4.10. The molecule has 0 spiro atoms. The minimum absolute atomic E-state index is 0.149. The van der Waals surface area contributed by atoms with Crippen LogP contribution in [0.2, 0.25) is 0 Å². The molecule has 25 heavy (non-hydrogen) atoms. The number of aromatic nitrogens is 1. The van der Waals surface area contributed by atoms with E-state index in [1.165, 1.54) is 11.1 Å². The van der Waals surface area contributed by atoms with Gasteiger partial charge >= 0.3 is 0 Å². The molecule has 1 unspecified atom stereocenters. The van der Waals surface area contributed by atoms with E-state index in [2.05, 4.69) is 53.5 Å². The molecule has 1 aliphatic rings. The molecule has 0 radical (unpaired) electrons. The average molecular weight is 338 g/mol. The Hall–Kier alpha value is -2.56. The number of ether oxygens (including phenoxy) is 1. The molecule has 2 N–H and O–H groups in total. The molecule has 1 atom stereocenters. The van der Waals surface area contributed by atoms with Crippen LogP contribution in [0.5, 0.6) is 5.75 Å². The highest BCUT2D eigenvalue weighted by atomic mass is 16.5. The van der Waals surface area contributed by atoms with Crippen LogP contribution < -0.4 is 15.4 Å². The lowest BCUT2D eigenvalue weighted by atomic mass is 9.90. The summed E-state index contributed by atoms with van der Waals surface area (Å²) in [5, 5.41) is 6.91. The highest BCUT2D eigenvalue weighted by molar-refractivity contribution is 5.80. The number of nitrogens with one attached hydrogen (secondary N) is 2. The van der Waals surface area contributed by atoms with E-state index in [1.807, 2.05) is 30.5 Å². The van der Waals surface area contributed by atoms with Crippen molar-refractivity contribution in [2.24, 2.45) is 4.99 Å². The first kappa shape index (κ1) is 17.3. The van der Waals surface area contributed by atoms with Crippen LogP contribution in [0.15, 0.2) is 47.6 Å². The quantitative estimate of drug-likeness (QED) is 0.665. The zero-order chi connectivity index (χ0) is 17.9. The summed E-state index contributed by atoms with van der Waals surface area (Å²) in [5.74, 6) is 1.70. The fourth-order valence-corrected chi connectivity index (χ4v) is 3.16. The topological polar surface area (TPSA) is 58.5 Å². The van der Waals surface area contributed by atoms with E-state index >= 15 is 0 Å². The van der Waals surface area contributed by atoms with E-state index in [0.29, 0.717) is 6.54 Å². The summed E-state index contributed by atoms with van der Waals surface area (Å²) in [6.07, 6.45) is 2.69. The number of para-hydroxylation sites is 1. The van der Waals surface area contributed by atoms with Crippen molar-refractivity contribution in [1.29, 1.82) is 0 Å². The van der Waals surface area contributed by atoms with E-state index in [9.17, 15) is 0 Å². The van der Waals surface area contributed by atoms with Crippen LogP contribution in [-0.2, 0) is 6.54 Å². The molecular weight excluding hydrogens is 312 g/mol. The number of guanidine groups is 1. The molecule has 3 rings (SSSR count). The van der Waals surface area contributed by atoms with Gasteiger partial charge in [0.25, 0.3) is 0 Å². The molecule has 2 aromatic rings. The Balaban J connectivity index is 1.72. The fraction of sp³-hybridized carbons (Fsp3) is 0.400. The van der Waals surface area contributed by atoms with Crippen molar-refractivity contribution in [1.82, 2.24) is 15.6 Å². The molecular formula is C20H26N4O. The lowest BCUT2D eigenvalue weighted by molar-refractivity contribution is 0.0694. The van der Waals surface area contributed by atoms with Crippen LogP contribution in [0.25, 0.3) is 0 Å².